The molecule has 0 aromatic heterocycles. The zero-order chi connectivity index (χ0) is 11.6. The van der Waals surface area contributed by atoms with Crippen molar-refractivity contribution < 1.29 is 14.7 Å². The maximum atomic E-state index is 11.8. The highest BCUT2D eigenvalue weighted by Crippen LogP contribution is 2.22. The lowest BCUT2D eigenvalue weighted by atomic mass is 9.91. The van der Waals surface area contributed by atoms with Gasteiger partial charge in [0.15, 0.2) is 0 Å². The van der Waals surface area contributed by atoms with E-state index in [1.807, 2.05) is 0 Å². The Bertz CT molecular complexity index is 255. The summed E-state index contributed by atoms with van der Waals surface area (Å²) in [4.78, 5) is 24.2. The molecule has 0 radical (unpaired) electrons. The molecule has 0 bridgehead atoms. The van der Waals surface area contributed by atoms with Crippen LogP contribution in [0.3, 0.4) is 0 Å². The zero-order valence-electron chi connectivity index (χ0n) is 9.56. The molecule has 0 aromatic carbocycles. The second-order valence-electron chi connectivity index (χ2n) is 4.75. The maximum Gasteiger partial charge on any atom is 0.315 e. The summed E-state index contributed by atoms with van der Waals surface area (Å²) in [6.45, 7) is 7.04. The summed E-state index contributed by atoms with van der Waals surface area (Å²) >= 11 is 0. The summed E-state index contributed by atoms with van der Waals surface area (Å²) in [5.74, 6) is -1.26. The molecule has 0 aliphatic carbocycles. The molecule has 3 atom stereocenters. The Morgan fingerprint density at radius 1 is 1.27 bits per heavy atom. The normalized spacial score (nSPS) is 28.6. The average molecular weight is 213 g/mol. The van der Waals surface area contributed by atoms with Crippen molar-refractivity contribution in [1.29, 1.82) is 0 Å². The van der Waals surface area contributed by atoms with Gasteiger partial charge in [0.05, 0.1) is 0 Å². The number of carbonyl (C=O) groups excluding carboxylic acids is 1. The van der Waals surface area contributed by atoms with Crippen molar-refractivity contribution in [2.24, 2.45) is 17.8 Å². The Morgan fingerprint density at radius 2 is 1.73 bits per heavy atom. The van der Waals surface area contributed by atoms with E-state index < -0.39 is 11.9 Å². The number of carboxylic acid groups (broad SMARTS) is 1. The SMILES string of the molecule is CC1CC(C)CN(C(=O)C(C)C(=O)O)C1. The third kappa shape index (κ3) is 2.94. The summed E-state index contributed by atoms with van der Waals surface area (Å²) in [5.41, 5.74) is 0. The molecular formula is C11H19NO3. The van der Waals surface area contributed by atoms with Crippen LogP contribution in [0.2, 0.25) is 0 Å². The number of hydrogen-bond donors (Lipinski definition) is 1. The van der Waals surface area contributed by atoms with Crippen LogP contribution in [0.15, 0.2) is 0 Å². The molecule has 1 N–H and O–H groups in total. The predicted octanol–water partition coefficient (Wildman–Crippen LogP) is 1.21. The first kappa shape index (κ1) is 12.0. The number of rotatable bonds is 2. The van der Waals surface area contributed by atoms with Crippen molar-refractivity contribution in [2.75, 3.05) is 13.1 Å². The quantitative estimate of drug-likeness (QED) is 0.701. The lowest BCUT2D eigenvalue weighted by molar-refractivity contribution is -0.151. The van der Waals surface area contributed by atoms with Gasteiger partial charge in [0.1, 0.15) is 5.92 Å². The molecule has 0 spiro atoms. The molecule has 1 rings (SSSR count). The molecule has 15 heavy (non-hydrogen) atoms. The van der Waals surface area contributed by atoms with E-state index in [4.69, 9.17) is 5.11 Å². The first-order valence-electron chi connectivity index (χ1n) is 5.43. The fourth-order valence-electron chi connectivity index (χ4n) is 2.22. The molecule has 4 nitrogen and oxygen atoms in total. The van der Waals surface area contributed by atoms with Gasteiger partial charge in [-0.1, -0.05) is 13.8 Å². The molecule has 1 aliphatic heterocycles. The third-order valence-corrected chi connectivity index (χ3v) is 2.92. The Kier molecular flexibility index (Phi) is 3.72. The van der Waals surface area contributed by atoms with Crippen molar-refractivity contribution in [3.05, 3.63) is 0 Å². The van der Waals surface area contributed by atoms with Gasteiger partial charge in [-0.05, 0) is 25.2 Å². The van der Waals surface area contributed by atoms with Crippen molar-refractivity contribution in [2.45, 2.75) is 27.2 Å². The smallest absolute Gasteiger partial charge is 0.315 e. The van der Waals surface area contributed by atoms with Crippen LogP contribution in [0.4, 0.5) is 0 Å². The van der Waals surface area contributed by atoms with Gasteiger partial charge in [0.2, 0.25) is 5.91 Å². The molecule has 0 aromatic rings. The van der Waals surface area contributed by atoms with Gasteiger partial charge < -0.3 is 10.0 Å². The van der Waals surface area contributed by atoms with Crippen LogP contribution in [0.25, 0.3) is 0 Å². The Hall–Kier alpha value is -1.06. The third-order valence-electron chi connectivity index (χ3n) is 2.92. The van der Waals surface area contributed by atoms with Gasteiger partial charge in [-0.15, -0.1) is 0 Å². The predicted molar refractivity (Wildman–Crippen MR) is 56.3 cm³/mol. The van der Waals surface area contributed by atoms with Crippen LogP contribution in [0.1, 0.15) is 27.2 Å². The second kappa shape index (κ2) is 4.64. The van der Waals surface area contributed by atoms with Crippen molar-refractivity contribution in [3.8, 4) is 0 Å². The average Bonchev–Trinajstić information content (AvgIpc) is 2.13. The number of piperidine rings is 1. The number of carbonyl (C=O) groups is 2. The number of carboxylic acids is 1. The molecule has 1 fully saturated rings. The summed E-state index contributed by atoms with van der Waals surface area (Å²) in [5, 5.41) is 8.77. The molecule has 86 valence electrons. The fraction of sp³-hybridized carbons (Fsp3) is 0.818. The van der Waals surface area contributed by atoms with Crippen LogP contribution >= 0.6 is 0 Å². The van der Waals surface area contributed by atoms with E-state index in [-0.39, 0.29) is 5.91 Å². The van der Waals surface area contributed by atoms with Crippen LogP contribution < -0.4 is 0 Å². The minimum Gasteiger partial charge on any atom is -0.481 e. The minimum absolute atomic E-state index is 0.249. The summed E-state index contributed by atoms with van der Waals surface area (Å²) in [7, 11) is 0. The van der Waals surface area contributed by atoms with E-state index in [9.17, 15) is 9.59 Å². The Morgan fingerprint density at radius 3 is 2.13 bits per heavy atom. The minimum atomic E-state index is -1.04. The van der Waals surface area contributed by atoms with Gasteiger partial charge in [-0.25, -0.2) is 0 Å². The van der Waals surface area contributed by atoms with Gasteiger partial charge in [0, 0.05) is 13.1 Å². The molecule has 1 saturated heterocycles. The Labute approximate surface area is 90.3 Å². The van der Waals surface area contributed by atoms with E-state index in [0.29, 0.717) is 24.9 Å². The van der Waals surface area contributed by atoms with Crippen LogP contribution in [0.5, 0.6) is 0 Å². The zero-order valence-corrected chi connectivity index (χ0v) is 9.56. The lowest BCUT2D eigenvalue weighted by Crippen LogP contribution is -2.46. The van der Waals surface area contributed by atoms with E-state index in [2.05, 4.69) is 13.8 Å². The van der Waals surface area contributed by atoms with Crippen LogP contribution in [0, 0.1) is 17.8 Å². The van der Waals surface area contributed by atoms with Crippen molar-refractivity contribution >= 4 is 11.9 Å². The molecule has 4 heteroatoms. The van der Waals surface area contributed by atoms with Gasteiger partial charge in [-0.2, -0.15) is 0 Å². The van der Waals surface area contributed by atoms with Gasteiger partial charge >= 0.3 is 5.97 Å². The van der Waals surface area contributed by atoms with Gasteiger partial charge in [-0.3, -0.25) is 9.59 Å². The molecule has 1 amide bonds. The number of amides is 1. The van der Waals surface area contributed by atoms with Crippen molar-refractivity contribution in [1.82, 2.24) is 4.90 Å². The molecule has 0 saturated carbocycles. The monoisotopic (exact) mass is 213 g/mol. The maximum absolute atomic E-state index is 11.8. The number of nitrogens with zero attached hydrogens (tertiary/aromatic N) is 1. The molecule has 1 aliphatic rings. The van der Waals surface area contributed by atoms with E-state index in [1.165, 1.54) is 6.92 Å². The second-order valence-corrected chi connectivity index (χ2v) is 4.75. The first-order chi connectivity index (χ1) is 6.91. The highest BCUT2D eigenvalue weighted by atomic mass is 16.4. The highest BCUT2D eigenvalue weighted by Gasteiger charge is 2.30. The van der Waals surface area contributed by atoms with E-state index in [1.54, 1.807) is 4.90 Å². The molecule has 3 unspecified atom stereocenters. The standard InChI is InChI=1S/C11H19NO3/c1-7-4-8(2)6-12(5-7)10(13)9(3)11(14)15/h7-9H,4-6H2,1-3H3,(H,14,15). The van der Waals surface area contributed by atoms with Crippen LogP contribution in [-0.2, 0) is 9.59 Å². The van der Waals surface area contributed by atoms with Gasteiger partial charge in [0.25, 0.3) is 0 Å². The van der Waals surface area contributed by atoms with Crippen molar-refractivity contribution in [3.63, 3.8) is 0 Å². The number of likely N-dealkylation sites (tertiary alicyclic amines) is 1. The summed E-state index contributed by atoms with van der Waals surface area (Å²) in [6.07, 6.45) is 1.12. The van der Waals surface area contributed by atoms with E-state index in [0.717, 1.165) is 6.42 Å². The highest BCUT2D eigenvalue weighted by molar-refractivity contribution is 5.96. The fourth-order valence-corrected chi connectivity index (χ4v) is 2.22. The van der Waals surface area contributed by atoms with E-state index >= 15 is 0 Å². The topological polar surface area (TPSA) is 57.6 Å². The number of aliphatic carboxylic acids is 1. The number of hydrogen-bond acceptors (Lipinski definition) is 2. The molecular weight excluding hydrogens is 194 g/mol. The Balaban J connectivity index is 2.63. The summed E-state index contributed by atoms with van der Waals surface area (Å²) in [6, 6.07) is 0. The van der Waals surface area contributed by atoms with Crippen LogP contribution in [-0.4, -0.2) is 35.0 Å². The molecule has 1 heterocycles. The summed E-state index contributed by atoms with van der Waals surface area (Å²) < 4.78 is 0. The first-order valence-corrected chi connectivity index (χ1v) is 5.43. The lowest BCUT2D eigenvalue weighted by Gasteiger charge is -2.35. The largest absolute Gasteiger partial charge is 0.481 e.